The van der Waals surface area contributed by atoms with E-state index < -0.39 is 11.8 Å². The summed E-state index contributed by atoms with van der Waals surface area (Å²) in [5.41, 5.74) is 1.81. The molecule has 8 nitrogen and oxygen atoms in total. The van der Waals surface area contributed by atoms with Crippen LogP contribution in [0.3, 0.4) is 0 Å². The summed E-state index contributed by atoms with van der Waals surface area (Å²) in [6, 6.07) is 10.9. The molecule has 0 bridgehead atoms. The molecule has 0 radical (unpaired) electrons. The van der Waals surface area contributed by atoms with Crippen molar-refractivity contribution in [1.29, 1.82) is 0 Å². The molecule has 1 aliphatic heterocycles. The molecule has 3 amide bonds. The number of aromatic nitrogens is 1. The Bertz CT molecular complexity index is 1330. The smallest absolute Gasteiger partial charge is 0.283 e. The number of rotatable bonds is 6. The van der Waals surface area contributed by atoms with Gasteiger partial charge in [0.25, 0.3) is 17.7 Å². The van der Waals surface area contributed by atoms with Crippen LogP contribution < -0.4 is 20.3 Å². The zero-order valence-electron chi connectivity index (χ0n) is 18.2. The first-order valence-corrected chi connectivity index (χ1v) is 11.5. The van der Waals surface area contributed by atoms with Crippen LogP contribution in [0.5, 0.6) is 5.75 Å². The summed E-state index contributed by atoms with van der Waals surface area (Å²) < 4.78 is 5.26. The van der Waals surface area contributed by atoms with Crippen molar-refractivity contribution < 1.29 is 19.1 Å². The largest absolute Gasteiger partial charge is 0.495 e. The van der Waals surface area contributed by atoms with Crippen molar-refractivity contribution in [3.63, 3.8) is 0 Å². The third kappa shape index (κ3) is 4.50. The number of hydrogen-bond donors (Lipinski definition) is 2. The Balaban J connectivity index is 1.51. The number of hydrogen-bond acceptors (Lipinski definition) is 7. The molecule has 34 heavy (non-hydrogen) atoms. The van der Waals surface area contributed by atoms with Gasteiger partial charge in [0.1, 0.15) is 16.5 Å². The molecule has 0 unspecified atom stereocenters. The number of carbonyl (C=O) groups excluding carboxylic acids is 3. The number of nitrogens with one attached hydrogen (secondary N) is 2. The normalized spacial score (nSPS) is 13.5. The Morgan fingerprint density at radius 2 is 1.76 bits per heavy atom. The molecule has 0 saturated heterocycles. The zero-order chi connectivity index (χ0) is 24.6. The maximum absolute atomic E-state index is 13.1. The van der Waals surface area contributed by atoms with E-state index in [0.29, 0.717) is 21.4 Å². The second kappa shape index (κ2) is 9.46. The van der Waals surface area contributed by atoms with Crippen LogP contribution >= 0.6 is 34.5 Å². The average molecular weight is 517 g/mol. The summed E-state index contributed by atoms with van der Waals surface area (Å²) in [6.07, 6.45) is 0. The number of nitrogens with zero attached hydrogens (tertiary/aromatic N) is 2. The number of ether oxygens (including phenoxy) is 1. The second-order valence-electron chi connectivity index (χ2n) is 7.27. The zero-order valence-corrected chi connectivity index (χ0v) is 20.6. The standard InChI is InChI=1S/C23H18Cl2N4O4S/c1-11-12(2)34-23(26-11)28-20(30)13-4-7-15(8-5-13)27-19-18(25)21(31)29(22(19)32)16-10-14(24)6-9-17(16)33-3/h4-10,27H,1-3H3,(H,26,28,30). The van der Waals surface area contributed by atoms with Crippen LogP contribution in [-0.4, -0.2) is 29.8 Å². The number of aryl methyl sites for hydroxylation is 2. The van der Waals surface area contributed by atoms with Gasteiger partial charge in [0.2, 0.25) is 0 Å². The van der Waals surface area contributed by atoms with Crippen molar-refractivity contribution in [2.75, 3.05) is 22.6 Å². The van der Waals surface area contributed by atoms with Gasteiger partial charge in [-0.15, -0.1) is 11.3 Å². The monoisotopic (exact) mass is 516 g/mol. The molecule has 0 fully saturated rings. The van der Waals surface area contributed by atoms with Gasteiger partial charge < -0.3 is 10.1 Å². The molecule has 0 atom stereocenters. The third-order valence-corrected chi connectivity index (χ3v) is 6.65. The van der Waals surface area contributed by atoms with E-state index in [4.69, 9.17) is 27.9 Å². The highest BCUT2D eigenvalue weighted by molar-refractivity contribution is 7.15. The van der Waals surface area contributed by atoms with Crippen molar-refractivity contribution in [3.05, 3.63) is 74.4 Å². The van der Waals surface area contributed by atoms with Crippen molar-refractivity contribution in [2.45, 2.75) is 13.8 Å². The Labute approximate surface area is 209 Å². The molecule has 1 aliphatic rings. The minimum Gasteiger partial charge on any atom is -0.495 e. The number of halogens is 2. The van der Waals surface area contributed by atoms with Crippen LogP contribution in [0.1, 0.15) is 20.9 Å². The van der Waals surface area contributed by atoms with Crippen molar-refractivity contribution in [3.8, 4) is 5.75 Å². The summed E-state index contributed by atoms with van der Waals surface area (Å²) in [5, 5.41) is 6.20. The maximum Gasteiger partial charge on any atom is 0.283 e. The van der Waals surface area contributed by atoms with E-state index in [1.54, 1.807) is 36.4 Å². The van der Waals surface area contributed by atoms with Crippen LogP contribution in [0.25, 0.3) is 0 Å². The molecule has 174 valence electrons. The number of thiazole rings is 1. The number of amides is 3. The fraction of sp³-hybridized carbons (Fsp3) is 0.130. The lowest BCUT2D eigenvalue weighted by atomic mass is 10.2. The number of methoxy groups -OCH3 is 1. The lowest BCUT2D eigenvalue weighted by Crippen LogP contribution is -2.32. The van der Waals surface area contributed by atoms with Crippen LogP contribution in [0.4, 0.5) is 16.5 Å². The van der Waals surface area contributed by atoms with Gasteiger partial charge in [-0.2, -0.15) is 0 Å². The SMILES string of the molecule is COc1ccc(Cl)cc1N1C(=O)C(Cl)=C(Nc2ccc(C(=O)Nc3nc(C)c(C)s3)cc2)C1=O. The number of benzene rings is 2. The number of anilines is 3. The van der Waals surface area contributed by atoms with Gasteiger partial charge in [-0.1, -0.05) is 23.2 Å². The predicted molar refractivity (Wildman–Crippen MR) is 133 cm³/mol. The highest BCUT2D eigenvalue weighted by Gasteiger charge is 2.40. The summed E-state index contributed by atoms with van der Waals surface area (Å²) in [4.78, 5) is 44.5. The molecule has 1 aromatic heterocycles. The lowest BCUT2D eigenvalue weighted by molar-refractivity contribution is -0.120. The summed E-state index contributed by atoms with van der Waals surface area (Å²) in [7, 11) is 1.42. The lowest BCUT2D eigenvalue weighted by Gasteiger charge is -2.18. The first-order valence-electron chi connectivity index (χ1n) is 9.94. The predicted octanol–water partition coefficient (Wildman–Crippen LogP) is 5.11. The highest BCUT2D eigenvalue weighted by atomic mass is 35.5. The molecular weight excluding hydrogens is 499 g/mol. The van der Waals surface area contributed by atoms with Gasteiger partial charge in [0, 0.05) is 21.2 Å². The quantitative estimate of drug-likeness (QED) is 0.441. The van der Waals surface area contributed by atoms with E-state index in [9.17, 15) is 14.4 Å². The minimum absolute atomic E-state index is 0.0976. The molecule has 4 rings (SSSR count). The van der Waals surface area contributed by atoms with E-state index in [0.717, 1.165) is 15.5 Å². The second-order valence-corrected chi connectivity index (χ2v) is 9.29. The first kappa shape index (κ1) is 23.7. The average Bonchev–Trinajstić information content (AvgIpc) is 3.23. The summed E-state index contributed by atoms with van der Waals surface area (Å²) in [6.45, 7) is 3.81. The molecule has 3 aromatic rings. The molecule has 0 saturated carbocycles. The Morgan fingerprint density at radius 3 is 2.38 bits per heavy atom. The Morgan fingerprint density at radius 1 is 1.06 bits per heavy atom. The van der Waals surface area contributed by atoms with Crippen molar-refractivity contribution in [2.24, 2.45) is 0 Å². The van der Waals surface area contributed by atoms with Crippen LogP contribution in [0.2, 0.25) is 5.02 Å². The van der Waals surface area contributed by atoms with Gasteiger partial charge in [0.05, 0.1) is 18.5 Å². The van der Waals surface area contributed by atoms with Crippen LogP contribution in [0, 0.1) is 13.8 Å². The highest BCUT2D eigenvalue weighted by Crippen LogP contribution is 2.37. The van der Waals surface area contributed by atoms with Crippen molar-refractivity contribution in [1.82, 2.24) is 4.98 Å². The van der Waals surface area contributed by atoms with Gasteiger partial charge in [-0.3, -0.25) is 19.7 Å². The third-order valence-electron chi connectivity index (χ3n) is 5.07. The van der Waals surface area contributed by atoms with E-state index in [2.05, 4.69) is 15.6 Å². The van der Waals surface area contributed by atoms with E-state index in [-0.39, 0.29) is 28.1 Å². The molecule has 2 aromatic carbocycles. The first-order chi connectivity index (χ1) is 16.2. The molecule has 0 aliphatic carbocycles. The topological polar surface area (TPSA) is 101 Å². The van der Waals surface area contributed by atoms with Crippen LogP contribution in [-0.2, 0) is 9.59 Å². The molecule has 2 heterocycles. The minimum atomic E-state index is -0.709. The summed E-state index contributed by atoms with van der Waals surface area (Å²) >= 11 is 13.6. The summed E-state index contributed by atoms with van der Waals surface area (Å²) in [5.74, 6) is -1.40. The van der Waals surface area contributed by atoms with E-state index in [1.165, 1.54) is 24.5 Å². The van der Waals surface area contributed by atoms with Gasteiger partial charge in [0.15, 0.2) is 5.13 Å². The van der Waals surface area contributed by atoms with Crippen LogP contribution in [0.15, 0.2) is 53.2 Å². The number of carbonyl (C=O) groups is 3. The maximum atomic E-state index is 13.1. The van der Waals surface area contributed by atoms with Gasteiger partial charge in [-0.25, -0.2) is 9.88 Å². The van der Waals surface area contributed by atoms with Crippen molar-refractivity contribution >= 4 is 68.8 Å². The molecular formula is C23H18Cl2N4O4S. The van der Waals surface area contributed by atoms with Gasteiger partial charge >= 0.3 is 0 Å². The molecule has 0 spiro atoms. The molecule has 2 N–H and O–H groups in total. The fourth-order valence-corrected chi connectivity index (χ4v) is 4.40. The Kier molecular flexibility index (Phi) is 6.60. The molecule has 11 heteroatoms. The van der Waals surface area contributed by atoms with E-state index >= 15 is 0 Å². The van der Waals surface area contributed by atoms with E-state index in [1.807, 2.05) is 13.8 Å². The Hall–Kier alpha value is -3.40. The fourth-order valence-electron chi connectivity index (χ4n) is 3.21. The van der Waals surface area contributed by atoms with Gasteiger partial charge in [-0.05, 0) is 56.3 Å². The number of imide groups is 1.